The van der Waals surface area contributed by atoms with E-state index in [9.17, 15) is 9.59 Å². The Morgan fingerprint density at radius 3 is 2.54 bits per heavy atom. The number of fused-ring (bicyclic) bond motifs is 1. The Bertz CT molecular complexity index is 836. The molecular weight excluding hydrogens is 334 g/mol. The molecule has 0 saturated carbocycles. The highest BCUT2D eigenvalue weighted by Gasteiger charge is 2.49. The summed E-state index contributed by atoms with van der Waals surface area (Å²) in [4.78, 5) is 37.7. The third-order valence-electron chi connectivity index (χ3n) is 4.69. The van der Waals surface area contributed by atoms with Gasteiger partial charge in [-0.15, -0.1) is 0 Å². The Labute approximate surface area is 150 Å². The van der Waals surface area contributed by atoms with Gasteiger partial charge in [0.05, 0.1) is 5.69 Å². The van der Waals surface area contributed by atoms with Crippen LogP contribution < -0.4 is 15.0 Å². The molecule has 1 aromatic carbocycles. The van der Waals surface area contributed by atoms with Gasteiger partial charge in [-0.2, -0.15) is 0 Å². The highest BCUT2D eigenvalue weighted by molar-refractivity contribution is 6.15. The summed E-state index contributed by atoms with van der Waals surface area (Å²) in [5.41, 5.74) is -0.992. The van der Waals surface area contributed by atoms with Crippen molar-refractivity contribution in [2.75, 3.05) is 36.4 Å². The summed E-state index contributed by atoms with van der Waals surface area (Å²) >= 11 is 0. The molecule has 2 amide bonds. The smallest absolute Gasteiger partial charge is 0.278 e. The predicted molar refractivity (Wildman–Crippen MR) is 94.9 cm³/mol. The minimum atomic E-state index is -1.57. The van der Waals surface area contributed by atoms with Crippen LogP contribution in [-0.2, 0) is 9.59 Å². The molecule has 0 bridgehead atoms. The number of ether oxygens (including phenoxy) is 1. The molecule has 8 heteroatoms. The number of nitrogens with zero attached hydrogens (tertiary/aromatic N) is 4. The van der Waals surface area contributed by atoms with Gasteiger partial charge in [-0.25, -0.2) is 9.97 Å². The van der Waals surface area contributed by atoms with Gasteiger partial charge in [-0.3, -0.25) is 9.59 Å². The van der Waals surface area contributed by atoms with Crippen molar-refractivity contribution in [3.8, 4) is 5.75 Å². The molecule has 134 valence electrons. The van der Waals surface area contributed by atoms with E-state index in [-0.39, 0.29) is 5.91 Å². The molecule has 0 aliphatic carbocycles. The Balaban J connectivity index is 1.47. The largest absolute Gasteiger partial charge is 0.466 e. The molecule has 2 aliphatic rings. The minimum absolute atomic E-state index is 0.335. The summed E-state index contributed by atoms with van der Waals surface area (Å²) in [7, 11) is 0. The molecule has 2 aliphatic heterocycles. The molecule has 0 spiro atoms. The second-order valence-electron chi connectivity index (χ2n) is 6.41. The number of benzene rings is 1. The SMILES string of the molecule is CC1(C(=O)N2CCN(c3ncccn3)CC2)Oc2ccccc2NC1=O. The van der Waals surface area contributed by atoms with E-state index in [1.54, 1.807) is 47.6 Å². The minimum Gasteiger partial charge on any atom is -0.466 e. The first-order chi connectivity index (χ1) is 12.6. The van der Waals surface area contributed by atoms with Gasteiger partial charge < -0.3 is 19.9 Å². The van der Waals surface area contributed by atoms with Crippen molar-refractivity contribution in [2.24, 2.45) is 0 Å². The zero-order valence-corrected chi connectivity index (χ0v) is 14.4. The first kappa shape index (κ1) is 16.3. The van der Waals surface area contributed by atoms with Crippen molar-refractivity contribution < 1.29 is 14.3 Å². The molecule has 1 saturated heterocycles. The maximum Gasteiger partial charge on any atom is 0.278 e. The quantitative estimate of drug-likeness (QED) is 0.808. The van der Waals surface area contributed by atoms with Crippen LogP contribution in [0.15, 0.2) is 42.7 Å². The lowest BCUT2D eigenvalue weighted by Gasteiger charge is -2.40. The van der Waals surface area contributed by atoms with Crippen molar-refractivity contribution in [3.05, 3.63) is 42.7 Å². The molecule has 1 N–H and O–H groups in total. The average molecular weight is 353 g/mol. The lowest BCUT2D eigenvalue weighted by Crippen LogP contribution is -2.62. The Morgan fingerprint density at radius 1 is 1.12 bits per heavy atom. The molecule has 1 unspecified atom stereocenters. The lowest BCUT2D eigenvalue weighted by molar-refractivity contribution is -0.154. The van der Waals surface area contributed by atoms with Gasteiger partial charge in [0.25, 0.3) is 17.4 Å². The predicted octanol–water partition coefficient (Wildman–Crippen LogP) is 0.915. The van der Waals surface area contributed by atoms with Gasteiger partial charge in [0.2, 0.25) is 5.95 Å². The number of nitrogens with one attached hydrogen (secondary N) is 1. The van der Waals surface area contributed by atoms with E-state index >= 15 is 0 Å². The molecule has 1 atom stereocenters. The molecule has 1 aromatic heterocycles. The number of hydrogen-bond donors (Lipinski definition) is 1. The van der Waals surface area contributed by atoms with Crippen LogP contribution in [-0.4, -0.2) is 58.5 Å². The van der Waals surface area contributed by atoms with Crippen molar-refractivity contribution >= 4 is 23.5 Å². The zero-order chi connectivity index (χ0) is 18.1. The fourth-order valence-corrected chi connectivity index (χ4v) is 3.17. The van der Waals surface area contributed by atoms with E-state index in [0.29, 0.717) is 43.6 Å². The van der Waals surface area contributed by atoms with Gasteiger partial charge in [0, 0.05) is 38.6 Å². The molecule has 26 heavy (non-hydrogen) atoms. The first-order valence-electron chi connectivity index (χ1n) is 8.49. The van der Waals surface area contributed by atoms with Crippen molar-refractivity contribution in [3.63, 3.8) is 0 Å². The molecular formula is C18H19N5O3. The Hall–Kier alpha value is -3.16. The summed E-state index contributed by atoms with van der Waals surface area (Å²) in [6.45, 7) is 3.68. The topological polar surface area (TPSA) is 87.7 Å². The fraction of sp³-hybridized carbons (Fsp3) is 0.333. The Morgan fingerprint density at radius 2 is 1.81 bits per heavy atom. The van der Waals surface area contributed by atoms with E-state index in [1.807, 2.05) is 4.90 Å². The summed E-state index contributed by atoms with van der Waals surface area (Å²) in [6.07, 6.45) is 3.39. The third-order valence-corrected chi connectivity index (χ3v) is 4.69. The van der Waals surface area contributed by atoms with Crippen LogP contribution in [0.2, 0.25) is 0 Å². The standard InChI is InChI=1S/C18H19N5O3/c1-18(15(24)21-13-5-2-3-6-14(13)26-18)16(25)22-9-11-23(12-10-22)17-19-7-4-8-20-17/h2-8H,9-12H2,1H3,(H,21,24). The number of piperazine rings is 1. The molecule has 3 heterocycles. The van der Waals surface area contributed by atoms with Crippen LogP contribution in [0.3, 0.4) is 0 Å². The zero-order valence-electron chi connectivity index (χ0n) is 14.4. The van der Waals surface area contributed by atoms with Crippen molar-refractivity contribution in [1.82, 2.24) is 14.9 Å². The summed E-state index contributed by atoms with van der Waals surface area (Å²) in [6, 6.07) is 8.86. The third kappa shape index (κ3) is 2.73. The van der Waals surface area contributed by atoms with Gasteiger partial charge in [0.15, 0.2) is 0 Å². The summed E-state index contributed by atoms with van der Waals surface area (Å²) in [5.74, 6) is 0.360. The van der Waals surface area contributed by atoms with E-state index < -0.39 is 11.5 Å². The second-order valence-corrected chi connectivity index (χ2v) is 6.41. The van der Waals surface area contributed by atoms with E-state index in [2.05, 4.69) is 15.3 Å². The number of aromatic nitrogens is 2. The van der Waals surface area contributed by atoms with Gasteiger partial charge in [-0.1, -0.05) is 12.1 Å². The molecule has 1 fully saturated rings. The van der Waals surface area contributed by atoms with Crippen LogP contribution in [0.4, 0.5) is 11.6 Å². The van der Waals surface area contributed by atoms with Crippen LogP contribution in [0.5, 0.6) is 5.75 Å². The molecule has 2 aromatic rings. The van der Waals surface area contributed by atoms with Crippen LogP contribution >= 0.6 is 0 Å². The Kier molecular flexibility index (Phi) is 3.95. The molecule has 8 nitrogen and oxygen atoms in total. The number of amides is 2. The number of hydrogen-bond acceptors (Lipinski definition) is 6. The van der Waals surface area contributed by atoms with Crippen LogP contribution in [0, 0.1) is 0 Å². The normalized spacial score (nSPS) is 22.3. The fourth-order valence-electron chi connectivity index (χ4n) is 3.17. The van der Waals surface area contributed by atoms with Crippen molar-refractivity contribution in [1.29, 1.82) is 0 Å². The second kappa shape index (κ2) is 6.29. The van der Waals surface area contributed by atoms with Crippen molar-refractivity contribution in [2.45, 2.75) is 12.5 Å². The number of carbonyl (C=O) groups excluding carboxylic acids is 2. The number of carbonyl (C=O) groups is 2. The number of anilines is 2. The van der Waals surface area contributed by atoms with Gasteiger partial charge in [0.1, 0.15) is 5.75 Å². The lowest BCUT2D eigenvalue weighted by atomic mass is 10.0. The van der Waals surface area contributed by atoms with E-state index in [0.717, 1.165) is 0 Å². The monoisotopic (exact) mass is 353 g/mol. The molecule has 4 rings (SSSR count). The molecule has 0 radical (unpaired) electrons. The van der Waals surface area contributed by atoms with Crippen LogP contribution in [0.1, 0.15) is 6.92 Å². The highest BCUT2D eigenvalue weighted by atomic mass is 16.5. The first-order valence-corrected chi connectivity index (χ1v) is 8.49. The highest BCUT2D eigenvalue weighted by Crippen LogP contribution is 2.34. The maximum absolute atomic E-state index is 13.0. The van der Waals surface area contributed by atoms with Gasteiger partial charge >= 0.3 is 0 Å². The summed E-state index contributed by atoms with van der Waals surface area (Å²) < 4.78 is 5.82. The average Bonchev–Trinajstić information content (AvgIpc) is 2.69. The maximum atomic E-state index is 13.0. The number of rotatable bonds is 2. The summed E-state index contributed by atoms with van der Waals surface area (Å²) in [5, 5.41) is 2.76. The van der Waals surface area contributed by atoms with Crippen LogP contribution in [0.25, 0.3) is 0 Å². The van der Waals surface area contributed by atoms with Gasteiger partial charge in [-0.05, 0) is 25.1 Å². The van der Waals surface area contributed by atoms with E-state index in [4.69, 9.17) is 4.74 Å². The number of para-hydroxylation sites is 2. The van der Waals surface area contributed by atoms with E-state index in [1.165, 1.54) is 6.92 Å².